The van der Waals surface area contributed by atoms with Crippen LogP contribution in [0.5, 0.6) is 0 Å². The predicted molar refractivity (Wildman–Crippen MR) is 68.3 cm³/mol. The molecule has 0 aromatic carbocycles. The molecule has 16 heavy (non-hydrogen) atoms. The zero-order valence-electron chi connectivity index (χ0n) is 10.3. The number of rotatable bonds is 3. The van der Waals surface area contributed by atoms with Crippen LogP contribution in [0.25, 0.3) is 0 Å². The van der Waals surface area contributed by atoms with Crippen molar-refractivity contribution in [2.45, 2.75) is 40.3 Å². The van der Waals surface area contributed by atoms with Gasteiger partial charge in [0, 0.05) is 6.54 Å². The fourth-order valence-electron chi connectivity index (χ4n) is 1.25. The Kier molecular flexibility index (Phi) is 4.10. The number of amides is 1. The van der Waals surface area contributed by atoms with Crippen LogP contribution in [0.3, 0.4) is 0 Å². The van der Waals surface area contributed by atoms with E-state index in [1.807, 2.05) is 27.7 Å². The van der Waals surface area contributed by atoms with Gasteiger partial charge >= 0.3 is 0 Å². The average molecular weight is 240 g/mol. The number of nitrogens with one attached hydrogen (secondary N) is 1. The normalized spacial score (nSPS) is 13.6. The quantitative estimate of drug-likeness (QED) is 0.849. The summed E-state index contributed by atoms with van der Waals surface area (Å²) in [5.41, 5.74) is 8.05. The maximum atomic E-state index is 11.8. The van der Waals surface area contributed by atoms with E-state index < -0.39 is 6.04 Å². The summed E-state index contributed by atoms with van der Waals surface area (Å²) in [7, 11) is 0. The van der Waals surface area contributed by atoms with Gasteiger partial charge in [0.25, 0.3) is 0 Å². The van der Waals surface area contributed by atoms with Crippen LogP contribution >= 0.6 is 11.3 Å². The van der Waals surface area contributed by atoms with Gasteiger partial charge in [-0.2, -0.15) is 11.3 Å². The highest BCUT2D eigenvalue weighted by atomic mass is 32.1. The van der Waals surface area contributed by atoms with Gasteiger partial charge in [-0.1, -0.05) is 20.8 Å². The summed E-state index contributed by atoms with van der Waals surface area (Å²) in [6.07, 6.45) is 0. The third-order valence-corrected chi connectivity index (χ3v) is 3.54. The molecule has 0 aliphatic rings. The van der Waals surface area contributed by atoms with Crippen molar-refractivity contribution in [1.29, 1.82) is 0 Å². The Bertz CT molecular complexity index is 365. The van der Waals surface area contributed by atoms with Crippen molar-refractivity contribution in [3.05, 3.63) is 21.9 Å². The fourth-order valence-corrected chi connectivity index (χ4v) is 2.11. The summed E-state index contributed by atoms with van der Waals surface area (Å²) >= 11 is 1.65. The van der Waals surface area contributed by atoms with Gasteiger partial charge in [0.1, 0.15) is 0 Å². The smallest absolute Gasteiger partial charge is 0.237 e. The van der Waals surface area contributed by atoms with E-state index in [1.54, 1.807) is 11.3 Å². The number of hydrogen-bond donors (Lipinski definition) is 2. The van der Waals surface area contributed by atoms with Crippen LogP contribution < -0.4 is 11.1 Å². The Morgan fingerprint density at radius 1 is 1.50 bits per heavy atom. The van der Waals surface area contributed by atoms with E-state index in [2.05, 4.69) is 16.1 Å². The standard InChI is InChI=1S/C12H20N2OS/c1-8-6-16-7-9(8)5-14-11(15)10(13)12(2,3)4/h6-7,10H,5,13H2,1-4H3,(H,14,15). The summed E-state index contributed by atoms with van der Waals surface area (Å²) in [5.74, 6) is -0.0851. The molecule has 1 atom stereocenters. The molecule has 1 unspecified atom stereocenters. The minimum absolute atomic E-state index is 0.0851. The summed E-state index contributed by atoms with van der Waals surface area (Å²) in [6.45, 7) is 8.51. The van der Waals surface area contributed by atoms with E-state index >= 15 is 0 Å². The summed E-state index contributed by atoms with van der Waals surface area (Å²) in [6, 6.07) is -0.466. The molecular weight excluding hydrogens is 220 g/mol. The van der Waals surface area contributed by atoms with Crippen molar-refractivity contribution in [2.75, 3.05) is 0 Å². The Morgan fingerprint density at radius 2 is 2.12 bits per heavy atom. The molecule has 3 nitrogen and oxygen atoms in total. The Morgan fingerprint density at radius 3 is 2.56 bits per heavy atom. The Hall–Kier alpha value is -0.870. The topological polar surface area (TPSA) is 55.1 Å². The molecule has 4 heteroatoms. The van der Waals surface area contributed by atoms with Gasteiger partial charge in [0.05, 0.1) is 6.04 Å². The molecule has 0 saturated carbocycles. The lowest BCUT2D eigenvalue weighted by molar-refractivity contribution is -0.124. The zero-order valence-corrected chi connectivity index (χ0v) is 11.1. The van der Waals surface area contributed by atoms with Crippen LogP contribution in [0.2, 0.25) is 0 Å². The van der Waals surface area contributed by atoms with E-state index in [1.165, 1.54) is 11.1 Å². The van der Waals surface area contributed by atoms with Crippen LogP contribution in [0.4, 0.5) is 0 Å². The first-order valence-electron chi connectivity index (χ1n) is 5.37. The van der Waals surface area contributed by atoms with Crippen molar-refractivity contribution in [2.24, 2.45) is 11.1 Å². The second-order valence-electron chi connectivity index (χ2n) is 5.14. The maximum absolute atomic E-state index is 11.8. The number of hydrogen-bond acceptors (Lipinski definition) is 3. The minimum atomic E-state index is -0.466. The van der Waals surface area contributed by atoms with E-state index in [4.69, 9.17) is 5.73 Å². The lowest BCUT2D eigenvalue weighted by atomic mass is 9.87. The van der Waals surface area contributed by atoms with E-state index in [0.29, 0.717) is 6.54 Å². The SMILES string of the molecule is Cc1cscc1CNC(=O)C(N)C(C)(C)C. The highest BCUT2D eigenvalue weighted by Gasteiger charge is 2.27. The molecule has 0 spiro atoms. The third-order valence-electron chi connectivity index (χ3n) is 2.63. The van der Waals surface area contributed by atoms with Gasteiger partial charge in [-0.25, -0.2) is 0 Å². The van der Waals surface area contributed by atoms with Crippen LogP contribution in [-0.2, 0) is 11.3 Å². The summed E-state index contributed by atoms with van der Waals surface area (Å²) < 4.78 is 0. The predicted octanol–water partition coefficient (Wildman–Crippen LogP) is 2.05. The molecule has 3 N–H and O–H groups in total. The Balaban J connectivity index is 2.51. The van der Waals surface area contributed by atoms with Crippen molar-refractivity contribution < 1.29 is 4.79 Å². The lowest BCUT2D eigenvalue weighted by Crippen LogP contribution is -2.48. The van der Waals surface area contributed by atoms with Gasteiger partial charge in [-0.15, -0.1) is 0 Å². The minimum Gasteiger partial charge on any atom is -0.351 e. The van der Waals surface area contributed by atoms with Crippen LogP contribution in [0.15, 0.2) is 10.8 Å². The van der Waals surface area contributed by atoms with Gasteiger partial charge < -0.3 is 11.1 Å². The molecule has 90 valence electrons. The molecule has 0 aliphatic heterocycles. The number of nitrogens with two attached hydrogens (primary N) is 1. The maximum Gasteiger partial charge on any atom is 0.237 e. The van der Waals surface area contributed by atoms with E-state index in [9.17, 15) is 4.79 Å². The van der Waals surface area contributed by atoms with Gasteiger partial charge in [0.15, 0.2) is 0 Å². The first-order valence-corrected chi connectivity index (χ1v) is 6.31. The number of aryl methyl sites for hydroxylation is 1. The number of carbonyl (C=O) groups excluding carboxylic acids is 1. The van der Waals surface area contributed by atoms with Crippen molar-refractivity contribution >= 4 is 17.2 Å². The first kappa shape index (κ1) is 13.2. The fraction of sp³-hybridized carbons (Fsp3) is 0.583. The highest BCUT2D eigenvalue weighted by Crippen LogP contribution is 2.18. The average Bonchev–Trinajstić information content (AvgIpc) is 2.58. The molecule has 1 heterocycles. The molecule has 0 bridgehead atoms. The molecule has 1 amide bonds. The molecular formula is C12H20N2OS. The largest absolute Gasteiger partial charge is 0.351 e. The molecule has 0 radical (unpaired) electrons. The Labute approximate surface area is 101 Å². The second kappa shape index (κ2) is 4.97. The monoisotopic (exact) mass is 240 g/mol. The number of thiophene rings is 1. The molecule has 0 aliphatic carbocycles. The van der Waals surface area contributed by atoms with Crippen molar-refractivity contribution in [3.8, 4) is 0 Å². The summed E-state index contributed by atoms with van der Waals surface area (Å²) in [5, 5.41) is 7.00. The van der Waals surface area contributed by atoms with Crippen LogP contribution in [0, 0.1) is 12.3 Å². The first-order chi connectivity index (χ1) is 7.32. The van der Waals surface area contributed by atoms with Gasteiger partial charge in [-0.05, 0) is 34.2 Å². The van der Waals surface area contributed by atoms with Gasteiger partial charge in [0.2, 0.25) is 5.91 Å². The number of carbonyl (C=O) groups is 1. The molecule has 0 saturated heterocycles. The van der Waals surface area contributed by atoms with Crippen molar-refractivity contribution in [1.82, 2.24) is 5.32 Å². The highest BCUT2D eigenvalue weighted by molar-refractivity contribution is 7.08. The van der Waals surface area contributed by atoms with Crippen LogP contribution in [0.1, 0.15) is 31.9 Å². The molecule has 0 fully saturated rings. The van der Waals surface area contributed by atoms with E-state index in [0.717, 1.165) is 0 Å². The zero-order chi connectivity index (χ0) is 12.3. The van der Waals surface area contributed by atoms with Crippen LogP contribution in [-0.4, -0.2) is 11.9 Å². The van der Waals surface area contributed by atoms with Crippen molar-refractivity contribution in [3.63, 3.8) is 0 Å². The van der Waals surface area contributed by atoms with Gasteiger partial charge in [-0.3, -0.25) is 4.79 Å². The van der Waals surface area contributed by atoms with E-state index in [-0.39, 0.29) is 11.3 Å². The molecule has 1 aromatic heterocycles. The lowest BCUT2D eigenvalue weighted by Gasteiger charge is -2.25. The molecule has 1 rings (SSSR count). The summed E-state index contributed by atoms with van der Waals surface area (Å²) in [4.78, 5) is 11.8. The third kappa shape index (κ3) is 3.32. The molecule has 1 aromatic rings. The second-order valence-corrected chi connectivity index (χ2v) is 5.89.